The van der Waals surface area contributed by atoms with Crippen LogP contribution in [-0.2, 0) is 90.0 Å². The van der Waals surface area contributed by atoms with Gasteiger partial charge in [-0.05, 0) is 167 Å². The van der Waals surface area contributed by atoms with Crippen molar-refractivity contribution < 1.29 is 141 Å². The molecule has 118 heavy (non-hydrogen) atoms. The van der Waals surface area contributed by atoms with Crippen molar-refractivity contribution in [3.8, 4) is 11.5 Å². The van der Waals surface area contributed by atoms with Gasteiger partial charge in [-0.15, -0.1) is 13.9 Å². The number of halogens is 32. The molecule has 0 N–H and O–H groups in total. The number of fused-ring (bicyclic) bond motifs is 1. The molecular formula is C68H62Cl2F30N16O2. The largest absolute Gasteiger partial charge is 0.586 e. The van der Waals surface area contributed by atoms with Crippen LogP contribution < -0.4 is 9.47 Å². The summed E-state index contributed by atoms with van der Waals surface area (Å²) in [5, 5.41) is 5.98. The predicted molar refractivity (Wildman–Crippen MR) is 361 cm³/mol. The van der Waals surface area contributed by atoms with E-state index in [0.29, 0.717) is 22.5 Å². The Morgan fingerprint density at radius 3 is 1.18 bits per heavy atom. The summed E-state index contributed by atoms with van der Waals surface area (Å²) in [6, 6.07) is 21.7. The van der Waals surface area contributed by atoms with Crippen LogP contribution in [-0.4, -0.2) is 84.6 Å². The molecule has 0 saturated carbocycles. The maximum absolute atomic E-state index is 12.4. The number of aryl methyl sites for hydroxylation is 12. The van der Waals surface area contributed by atoms with E-state index in [4.69, 9.17) is 23.2 Å². The second-order valence-electron chi connectivity index (χ2n) is 23.3. The minimum atomic E-state index is -4.44. The molecule has 0 saturated heterocycles. The van der Waals surface area contributed by atoms with E-state index in [1.165, 1.54) is 112 Å². The summed E-state index contributed by atoms with van der Waals surface area (Å²) in [6.07, 6.45) is -30.7. The summed E-state index contributed by atoms with van der Waals surface area (Å²) >= 11 is 10.0. The van der Waals surface area contributed by atoms with Crippen LogP contribution in [0.15, 0.2) is 153 Å². The van der Waals surface area contributed by atoms with Gasteiger partial charge >= 0.3 is 61.1 Å². The van der Waals surface area contributed by atoms with Gasteiger partial charge in [-0.1, -0.05) is 29.8 Å². The first-order valence-corrected chi connectivity index (χ1v) is 32.3. The standard InChI is InChI=1S/C8H7F3.C8H6F2O2.C7H6ClF2N.C7H6F3N.C7H7F2N.C6H7F3N2.C6H5F3N2.C5H4ClF3N2.2C5H5F3N2.C4H4F3N3/c1-6-3-2-4-7(5-6)8(9,10)11;1-5-2-3-6-7(4-5)12-8(9,10)11-6;2*1-5-2-3-11-6(4-5)7(8,9)10;1-5-2-3-10-6(4-5)7(8)9;1-4-3-5(6(7,8)9)10-11(4)2;1-4-2-3-10-5(11-4)6(7,8)9;1-11-2-3(5(7,8)9)10-4(11)6;1-10-2-4(9-3-10)5(6,7)8;1-10-3-2-4(9-10)5(6,7)8;1-10-2-8-3(9-10)4(5,6)7/h2-5H,1H3;2-4H,1H3;2*2-4H,1H3;2-4,7H,1H3;3H,1-2H3;2-3H,1H3;2H,1H3;2*2-3H,1H3;2H,1H3. The molecular weight excluding hydrogens is 1710 g/mol. The van der Waals surface area contributed by atoms with Gasteiger partial charge in [0, 0.05) is 90.0 Å². The average Bonchev–Trinajstić information content (AvgIpc) is 1.69. The van der Waals surface area contributed by atoms with Gasteiger partial charge in [0.1, 0.15) is 23.4 Å². The molecule has 10 heterocycles. The smallest absolute Gasteiger partial charge is 0.395 e. The zero-order valence-corrected chi connectivity index (χ0v) is 63.6. The second-order valence-corrected chi connectivity index (χ2v) is 24.1. The highest BCUT2D eigenvalue weighted by atomic mass is 35.5. The molecule has 0 unspecified atom stereocenters. The van der Waals surface area contributed by atoms with E-state index < -0.39 is 119 Å². The van der Waals surface area contributed by atoms with Crippen LogP contribution in [0.25, 0.3) is 0 Å². The summed E-state index contributed by atoms with van der Waals surface area (Å²) in [7, 11) is 7.18. The monoisotopic (exact) mass is 1770 g/mol. The lowest BCUT2D eigenvalue weighted by atomic mass is 10.1. The van der Waals surface area contributed by atoms with Crippen LogP contribution >= 0.6 is 23.2 Å². The molecule has 0 aliphatic carbocycles. The Morgan fingerprint density at radius 1 is 0.390 bits per heavy atom. The maximum atomic E-state index is 12.4. The van der Waals surface area contributed by atoms with E-state index in [1.807, 2.05) is 0 Å². The number of benzene rings is 2. The highest BCUT2D eigenvalue weighted by molar-refractivity contribution is 6.28. The summed E-state index contributed by atoms with van der Waals surface area (Å²) in [5.74, 6) is -2.00. The van der Waals surface area contributed by atoms with Gasteiger partial charge in [-0.25, -0.2) is 33.7 Å². The fraction of sp³-hybridized carbons (Fsp3) is 0.338. The molecule has 0 fully saturated rings. The van der Waals surface area contributed by atoms with Gasteiger partial charge in [0.25, 0.3) is 12.2 Å². The third-order valence-electron chi connectivity index (χ3n) is 12.9. The molecule has 9 aromatic heterocycles. The number of aromatic nitrogens is 16. The Morgan fingerprint density at radius 2 is 0.873 bits per heavy atom. The number of imidazole rings is 2. The van der Waals surface area contributed by atoms with Crippen molar-refractivity contribution in [2.75, 3.05) is 0 Å². The van der Waals surface area contributed by atoms with E-state index in [2.05, 4.69) is 64.6 Å². The van der Waals surface area contributed by atoms with Gasteiger partial charge in [-0.3, -0.25) is 29.0 Å². The molecule has 1 aliphatic rings. The Bertz CT molecular complexity index is 4420. The lowest BCUT2D eigenvalue weighted by Gasteiger charge is -2.06. The van der Waals surface area contributed by atoms with Crippen molar-refractivity contribution in [3.05, 3.63) is 255 Å². The van der Waals surface area contributed by atoms with Crippen LogP contribution in [0.1, 0.15) is 103 Å². The van der Waals surface area contributed by atoms with Crippen molar-refractivity contribution in [3.63, 3.8) is 0 Å². The zero-order valence-electron chi connectivity index (χ0n) is 62.1. The molecule has 12 rings (SSSR count). The predicted octanol–water partition coefficient (Wildman–Crippen LogP) is 22.1. The Kier molecular flexibility index (Phi) is 37.5. The molecule has 11 aromatic rings. The molecule has 0 radical (unpaired) electrons. The number of pyridine rings is 3. The summed E-state index contributed by atoms with van der Waals surface area (Å²) in [5.41, 5.74) is -1.10. The summed E-state index contributed by atoms with van der Waals surface area (Å²) < 4.78 is 371. The number of alkyl halides is 31. The molecule has 1 aliphatic heterocycles. The zero-order chi connectivity index (χ0) is 90.9. The number of rotatable bonds is 2. The van der Waals surface area contributed by atoms with Crippen LogP contribution in [0.2, 0.25) is 5.28 Å². The average molecular weight is 1780 g/mol. The fourth-order valence-corrected chi connectivity index (χ4v) is 7.64. The lowest BCUT2D eigenvalue weighted by Crippen LogP contribution is -2.25. The SMILES string of the molecule is Cc1cc(C(F)(F)F)nn1C.Cc1ccc2c(c1)OC(F)(F)O2.Cc1cccc(C(F)(F)F)c1.Cc1ccnc(C(F)(F)Cl)c1.Cc1ccnc(C(F)(F)F)c1.Cc1ccnc(C(F)(F)F)n1.Cc1ccnc(C(F)F)c1.Cn1cc(C(F)(F)F)nc1Cl.Cn1ccc(C(F)(F)F)n1.Cn1cnc(C(F)(F)F)c1.Cn1cnc(C(F)(F)F)n1. The van der Waals surface area contributed by atoms with E-state index in [-0.39, 0.29) is 22.5 Å². The molecule has 0 bridgehead atoms. The van der Waals surface area contributed by atoms with E-state index >= 15 is 0 Å². The normalized spacial score (nSPS) is 12.3. The highest BCUT2D eigenvalue weighted by Gasteiger charge is 2.44. The van der Waals surface area contributed by atoms with Crippen molar-refractivity contribution in [1.82, 2.24) is 78.3 Å². The summed E-state index contributed by atoms with van der Waals surface area (Å²) in [6.45, 7) is 11.5. The molecule has 0 amide bonds. The Hall–Kier alpha value is -11.0. The molecule has 650 valence electrons. The van der Waals surface area contributed by atoms with E-state index in [9.17, 15) is 132 Å². The molecule has 2 aromatic carbocycles. The Balaban J connectivity index is 0.000000440. The minimum absolute atomic E-state index is 0.0885. The van der Waals surface area contributed by atoms with E-state index in [0.717, 1.165) is 98.4 Å². The first-order chi connectivity index (χ1) is 53.6. The van der Waals surface area contributed by atoms with Gasteiger partial charge in [-0.2, -0.15) is 124 Å². The second kappa shape index (κ2) is 42.9. The number of ether oxygens (including phenoxy) is 2. The quantitative estimate of drug-likeness (QED) is 0.118. The minimum Gasteiger partial charge on any atom is -0.395 e. The topological polar surface area (TPSA) is 185 Å². The van der Waals surface area contributed by atoms with Gasteiger partial charge in [0.05, 0.1) is 11.9 Å². The number of nitrogens with zero attached hydrogens (tertiary/aromatic N) is 16. The van der Waals surface area contributed by atoms with Crippen LogP contribution in [0.5, 0.6) is 11.5 Å². The van der Waals surface area contributed by atoms with Crippen molar-refractivity contribution in [2.24, 2.45) is 35.2 Å². The molecule has 50 heteroatoms. The molecule has 0 atom stereocenters. The highest BCUT2D eigenvalue weighted by Crippen LogP contribution is 2.42. The number of hydrogen-bond donors (Lipinski definition) is 0. The van der Waals surface area contributed by atoms with Crippen LogP contribution in [0.3, 0.4) is 0 Å². The molecule has 18 nitrogen and oxygen atoms in total. The van der Waals surface area contributed by atoms with Crippen molar-refractivity contribution >= 4 is 23.2 Å². The van der Waals surface area contributed by atoms with Crippen molar-refractivity contribution in [1.29, 1.82) is 0 Å². The summed E-state index contributed by atoms with van der Waals surface area (Å²) in [4.78, 5) is 25.6. The molecule has 0 spiro atoms. The van der Waals surface area contributed by atoms with Gasteiger partial charge in [0.2, 0.25) is 11.1 Å². The van der Waals surface area contributed by atoms with Crippen LogP contribution in [0, 0.1) is 48.5 Å². The Labute approximate surface area is 658 Å². The lowest BCUT2D eigenvalue weighted by molar-refractivity contribution is -0.286. The number of hydrogen-bond acceptors (Lipinski definition) is 13. The maximum Gasteiger partial charge on any atom is 0.586 e. The van der Waals surface area contributed by atoms with Crippen molar-refractivity contribution in [2.45, 2.75) is 116 Å². The van der Waals surface area contributed by atoms with Gasteiger partial charge < -0.3 is 18.6 Å². The third kappa shape index (κ3) is 38.9. The third-order valence-corrected chi connectivity index (χ3v) is 13.4. The van der Waals surface area contributed by atoms with Gasteiger partial charge in [0.15, 0.2) is 34.3 Å². The van der Waals surface area contributed by atoms with E-state index in [1.54, 1.807) is 65.8 Å². The van der Waals surface area contributed by atoms with Crippen LogP contribution in [0.4, 0.5) is 132 Å². The first-order valence-electron chi connectivity index (χ1n) is 31.5. The first kappa shape index (κ1) is 103. The fourth-order valence-electron chi connectivity index (χ4n) is 7.40.